The highest BCUT2D eigenvalue weighted by atomic mass is 15.3. The zero-order valence-electron chi connectivity index (χ0n) is 16.0. The number of H-pyrrole nitrogens is 1. The van der Waals surface area contributed by atoms with Crippen LogP contribution in [0.3, 0.4) is 0 Å². The van der Waals surface area contributed by atoms with Crippen LogP contribution in [0, 0.1) is 0 Å². The fourth-order valence-electron chi connectivity index (χ4n) is 3.98. The van der Waals surface area contributed by atoms with Crippen molar-refractivity contribution in [2.24, 2.45) is 0 Å². The molecule has 0 aromatic carbocycles. The van der Waals surface area contributed by atoms with Gasteiger partial charge in [0, 0.05) is 24.2 Å². The Labute approximate surface area is 167 Å². The summed E-state index contributed by atoms with van der Waals surface area (Å²) in [6.45, 7) is 2.70. The van der Waals surface area contributed by atoms with E-state index in [0.29, 0.717) is 18.4 Å². The largest absolute Gasteiger partial charge is 0.384 e. The highest BCUT2D eigenvalue weighted by Gasteiger charge is 2.18. The zero-order chi connectivity index (χ0) is 19.6. The third-order valence-electron chi connectivity index (χ3n) is 5.41. The summed E-state index contributed by atoms with van der Waals surface area (Å²) in [4.78, 5) is 16.2. The van der Waals surface area contributed by atoms with Crippen molar-refractivity contribution in [1.29, 1.82) is 0 Å². The Morgan fingerprint density at radius 1 is 1.14 bits per heavy atom. The third-order valence-corrected chi connectivity index (χ3v) is 5.41. The normalized spacial score (nSPS) is 15.0. The van der Waals surface area contributed by atoms with E-state index in [1.807, 2.05) is 24.5 Å². The molecule has 0 radical (unpaired) electrons. The van der Waals surface area contributed by atoms with Crippen LogP contribution in [0.15, 0.2) is 43.1 Å². The summed E-state index contributed by atoms with van der Waals surface area (Å²) in [5, 5.41) is 12.4. The second kappa shape index (κ2) is 7.51. The first-order chi connectivity index (χ1) is 14.3. The number of hydrogen-bond donors (Lipinski definition) is 4. The molecule has 1 fully saturated rings. The van der Waals surface area contributed by atoms with Gasteiger partial charge in [0.25, 0.3) is 0 Å². The number of aromatic amines is 1. The SMILES string of the molecule is Nc1cc(-c2c[nH]c3ncnc(NCc4ccnn4C4CCNCC4)c23)ccn1. The van der Waals surface area contributed by atoms with Crippen molar-refractivity contribution in [2.75, 3.05) is 24.1 Å². The molecule has 5 rings (SSSR count). The van der Waals surface area contributed by atoms with Crippen molar-refractivity contribution in [2.45, 2.75) is 25.4 Å². The topological polar surface area (TPSA) is 122 Å². The number of nitrogen functional groups attached to an aromatic ring is 1. The number of piperidine rings is 1. The van der Waals surface area contributed by atoms with Crippen LogP contribution >= 0.6 is 0 Å². The number of nitrogens with two attached hydrogens (primary N) is 1. The van der Waals surface area contributed by atoms with E-state index in [1.165, 1.54) is 0 Å². The maximum Gasteiger partial charge on any atom is 0.143 e. The maximum absolute atomic E-state index is 5.87. The molecule has 0 bridgehead atoms. The van der Waals surface area contributed by atoms with Gasteiger partial charge >= 0.3 is 0 Å². The Morgan fingerprint density at radius 3 is 2.90 bits per heavy atom. The summed E-state index contributed by atoms with van der Waals surface area (Å²) >= 11 is 0. The summed E-state index contributed by atoms with van der Waals surface area (Å²) in [7, 11) is 0. The zero-order valence-corrected chi connectivity index (χ0v) is 16.0. The van der Waals surface area contributed by atoms with Crippen LogP contribution in [0.4, 0.5) is 11.6 Å². The molecule has 9 nitrogen and oxygen atoms in total. The molecule has 0 aliphatic carbocycles. The lowest BCUT2D eigenvalue weighted by molar-refractivity contribution is 0.336. The van der Waals surface area contributed by atoms with Gasteiger partial charge in [0.15, 0.2) is 0 Å². The van der Waals surface area contributed by atoms with Gasteiger partial charge in [-0.15, -0.1) is 0 Å². The molecule has 9 heteroatoms. The molecule has 0 saturated carbocycles. The molecular formula is C20H23N9. The molecule has 0 atom stereocenters. The Bertz CT molecular complexity index is 1120. The summed E-state index contributed by atoms with van der Waals surface area (Å²) in [6.07, 6.45) is 9.26. The first-order valence-electron chi connectivity index (χ1n) is 9.80. The number of nitrogens with one attached hydrogen (secondary N) is 3. The molecule has 1 saturated heterocycles. The van der Waals surface area contributed by atoms with Gasteiger partial charge in [0.1, 0.15) is 23.6 Å². The highest BCUT2D eigenvalue weighted by Crippen LogP contribution is 2.32. The molecule has 0 spiro atoms. The lowest BCUT2D eigenvalue weighted by Crippen LogP contribution is -2.30. The number of aromatic nitrogens is 6. The quantitative estimate of drug-likeness (QED) is 0.413. The molecule has 1 aliphatic rings. The molecule has 5 N–H and O–H groups in total. The van der Waals surface area contributed by atoms with Gasteiger partial charge in [-0.3, -0.25) is 4.68 Å². The van der Waals surface area contributed by atoms with Crippen molar-refractivity contribution < 1.29 is 0 Å². The average molecular weight is 389 g/mol. The molecule has 0 unspecified atom stereocenters. The number of pyridine rings is 1. The Balaban J connectivity index is 1.45. The van der Waals surface area contributed by atoms with Crippen molar-refractivity contribution in [3.8, 4) is 11.1 Å². The van der Waals surface area contributed by atoms with Gasteiger partial charge in [-0.05, 0) is 49.7 Å². The summed E-state index contributed by atoms with van der Waals surface area (Å²) in [6, 6.07) is 6.29. The molecule has 0 amide bonds. The molecule has 148 valence electrons. The summed E-state index contributed by atoms with van der Waals surface area (Å²) in [5.41, 5.74) is 9.76. The van der Waals surface area contributed by atoms with E-state index in [4.69, 9.17) is 5.73 Å². The van der Waals surface area contributed by atoms with Crippen LogP contribution < -0.4 is 16.4 Å². The Morgan fingerprint density at radius 2 is 2.03 bits per heavy atom. The van der Waals surface area contributed by atoms with Gasteiger partial charge < -0.3 is 21.4 Å². The number of anilines is 2. The molecule has 4 aromatic rings. The van der Waals surface area contributed by atoms with Gasteiger partial charge in [-0.1, -0.05) is 0 Å². The molecule has 5 heterocycles. The summed E-state index contributed by atoms with van der Waals surface area (Å²) < 4.78 is 2.15. The van der Waals surface area contributed by atoms with Gasteiger partial charge in [-0.2, -0.15) is 5.10 Å². The first kappa shape index (κ1) is 17.6. The minimum Gasteiger partial charge on any atom is -0.384 e. The van der Waals surface area contributed by atoms with Crippen LogP contribution in [0.2, 0.25) is 0 Å². The Hall–Kier alpha value is -3.46. The first-order valence-corrected chi connectivity index (χ1v) is 9.80. The molecule has 29 heavy (non-hydrogen) atoms. The number of nitrogens with zero attached hydrogens (tertiary/aromatic N) is 5. The smallest absolute Gasteiger partial charge is 0.143 e. The minimum absolute atomic E-state index is 0.441. The standard InChI is InChI=1S/C20H23N9/c21-17-9-13(1-7-23-17)16-11-25-20-18(16)19(26-12-27-20)24-10-15-4-8-28-29(15)14-2-5-22-6-3-14/h1,4,7-9,11-12,14,22H,2-3,5-6,10H2,(H2,21,23)(H2,24,25,26,27). The predicted molar refractivity (Wildman–Crippen MR) is 112 cm³/mol. The third kappa shape index (κ3) is 3.40. The average Bonchev–Trinajstić information content (AvgIpc) is 3.40. The number of rotatable bonds is 5. The highest BCUT2D eigenvalue weighted by molar-refractivity contribution is 6.01. The molecular weight excluding hydrogens is 366 g/mol. The Kier molecular flexibility index (Phi) is 4.57. The fourth-order valence-corrected chi connectivity index (χ4v) is 3.98. The second-order valence-corrected chi connectivity index (χ2v) is 7.22. The van der Waals surface area contributed by atoms with Crippen LogP contribution in [0.5, 0.6) is 0 Å². The van der Waals surface area contributed by atoms with Gasteiger partial charge in [-0.25, -0.2) is 15.0 Å². The maximum atomic E-state index is 5.87. The van der Waals surface area contributed by atoms with Crippen molar-refractivity contribution in [3.05, 3.63) is 48.8 Å². The lowest BCUT2D eigenvalue weighted by Gasteiger charge is -2.25. The van der Waals surface area contributed by atoms with Crippen LogP contribution in [0.1, 0.15) is 24.6 Å². The van der Waals surface area contributed by atoms with Crippen molar-refractivity contribution in [3.63, 3.8) is 0 Å². The van der Waals surface area contributed by atoms with E-state index in [1.54, 1.807) is 12.5 Å². The monoisotopic (exact) mass is 389 g/mol. The molecule has 4 aromatic heterocycles. The van der Waals surface area contributed by atoms with E-state index in [-0.39, 0.29) is 0 Å². The lowest BCUT2D eigenvalue weighted by atomic mass is 10.1. The summed E-state index contributed by atoms with van der Waals surface area (Å²) in [5.74, 6) is 1.26. The number of hydrogen-bond acceptors (Lipinski definition) is 7. The van der Waals surface area contributed by atoms with Crippen LogP contribution in [0.25, 0.3) is 22.2 Å². The minimum atomic E-state index is 0.441. The van der Waals surface area contributed by atoms with Gasteiger partial charge in [0.05, 0.1) is 23.7 Å². The van der Waals surface area contributed by atoms with Crippen LogP contribution in [-0.2, 0) is 6.54 Å². The number of fused-ring (bicyclic) bond motifs is 1. The van der Waals surface area contributed by atoms with E-state index in [0.717, 1.165) is 59.6 Å². The fraction of sp³-hybridized carbons (Fsp3) is 0.300. The van der Waals surface area contributed by atoms with E-state index in [9.17, 15) is 0 Å². The van der Waals surface area contributed by atoms with Crippen molar-refractivity contribution >= 4 is 22.7 Å². The van der Waals surface area contributed by atoms with E-state index >= 15 is 0 Å². The second-order valence-electron chi connectivity index (χ2n) is 7.22. The van der Waals surface area contributed by atoms with Gasteiger partial charge in [0.2, 0.25) is 0 Å². The van der Waals surface area contributed by atoms with E-state index in [2.05, 4.69) is 46.4 Å². The van der Waals surface area contributed by atoms with Crippen molar-refractivity contribution in [1.82, 2.24) is 35.0 Å². The van der Waals surface area contributed by atoms with Crippen LogP contribution in [-0.4, -0.2) is 42.8 Å². The predicted octanol–water partition coefficient (Wildman–Crippen LogP) is 2.34. The molecule has 1 aliphatic heterocycles. The van der Waals surface area contributed by atoms with E-state index < -0.39 is 0 Å².